The lowest BCUT2D eigenvalue weighted by molar-refractivity contribution is -0.116. The average Bonchev–Trinajstić information content (AvgIpc) is 3.07. The summed E-state index contributed by atoms with van der Waals surface area (Å²) in [7, 11) is 0. The van der Waals surface area contributed by atoms with Gasteiger partial charge in [-0.1, -0.05) is 53.7 Å². The number of hydrogen-bond acceptors (Lipinski definition) is 4. The Hall–Kier alpha value is -2.95. The molecule has 2 aromatic carbocycles. The van der Waals surface area contributed by atoms with E-state index >= 15 is 0 Å². The van der Waals surface area contributed by atoms with Gasteiger partial charge in [-0.2, -0.15) is 4.98 Å². The van der Waals surface area contributed by atoms with E-state index in [9.17, 15) is 4.79 Å². The highest BCUT2D eigenvalue weighted by Crippen LogP contribution is 2.16. The summed E-state index contributed by atoms with van der Waals surface area (Å²) in [6, 6.07) is 17.4. The van der Waals surface area contributed by atoms with E-state index in [1.54, 1.807) is 0 Å². The highest BCUT2D eigenvalue weighted by Gasteiger charge is 2.09. The molecular formula is C19H19N3O2. The zero-order valence-corrected chi connectivity index (χ0v) is 13.5. The van der Waals surface area contributed by atoms with Gasteiger partial charge in [0.05, 0.1) is 0 Å². The van der Waals surface area contributed by atoms with Gasteiger partial charge in [-0.3, -0.25) is 4.79 Å². The molecule has 0 saturated carbocycles. The topological polar surface area (TPSA) is 68.0 Å². The third kappa shape index (κ3) is 4.07. The molecule has 0 bridgehead atoms. The van der Waals surface area contributed by atoms with Crippen molar-refractivity contribution < 1.29 is 9.32 Å². The van der Waals surface area contributed by atoms with Crippen LogP contribution >= 0.6 is 0 Å². The molecule has 1 aromatic heterocycles. The number of benzene rings is 2. The minimum Gasteiger partial charge on any atom is -0.339 e. The molecule has 5 nitrogen and oxygen atoms in total. The molecule has 3 rings (SSSR count). The van der Waals surface area contributed by atoms with E-state index in [1.165, 1.54) is 0 Å². The van der Waals surface area contributed by atoms with Crippen LogP contribution < -0.4 is 5.32 Å². The Balaban J connectivity index is 1.49. The molecule has 24 heavy (non-hydrogen) atoms. The second-order valence-electron chi connectivity index (χ2n) is 5.59. The lowest BCUT2D eigenvalue weighted by Crippen LogP contribution is -2.12. The Labute approximate surface area is 140 Å². The van der Waals surface area contributed by atoms with Crippen molar-refractivity contribution in [3.8, 4) is 11.4 Å². The second kappa shape index (κ2) is 7.55. The van der Waals surface area contributed by atoms with Crippen molar-refractivity contribution in [3.63, 3.8) is 0 Å². The molecule has 0 atom stereocenters. The van der Waals surface area contributed by atoms with E-state index in [4.69, 9.17) is 4.52 Å². The fraction of sp³-hybridized carbons (Fsp3) is 0.211. The van der Waals surface area contributed by atoms with Gasteiger partial charge in [0.1, 0.15) is 0 Å². The standard InChI is InChI=1S/C19H19N3O2/c1-14-8-5-6-11-16(14)20-17(23)12-7-13-18-21-19(22-24-18)15-9-3-2-4-10-15/h2-6,8-11H,7,12-13H2,1H3,(H,20,23). The van der Waals surface area contributed by atoms with Crippen LogP contribution in [0.15, 0.2) is 59.1 Å². The molecule has 5 heteroatoms. The largest absolute Gasteiger partial charge is 0.339 e. The number of anilines is 1. The van der Waals surface area contributed by atoms with Crippen LogP contribution in [-0.2, 0) is 11.2 Å². The number of nitrogens with zero attached hydrogens (tertiary/aromatic N) is 2. The molecule has 0 unspecified atom stereocenters. The first-order valence-corrected chi connectivity index (χ1v) is 7.96. The molecule has 0 aliphatic rings. The minimum absolute atomic E-state index is 0.00732. The van der Waals surface area contributed by atoms with Gasteiger partial charge in [0.25, 0.3) is 0 Å². The summed E-state index contributed by atoms with van der Waals surface area (Å²) in [5.41, 5.74) is 2.83. The Morgan fingerprint density at radius 3 is 2.62 bits per heavy atom. The third-order valence-electron chi connectivity index (χ3n) is 3.71. The summed E-state index contributed by atoms with van der Waals surface area (Å²) in [6.45, 7) is 1.97. The van der Waals surface area contributed by atoms with Crippen LogP contribution in [0.2, 0.25) is 0 Å². The van der Waals surface area contributed by atoms with Crippen molar-refractivity contribution in [2.45, 2.75) is 26.2 Å². The molecule has 0 aliphatic carbocycles. The van der Waals surface area contributed by atoms with E-state index in [0.717, 1.165) is 16.8 Å². The number of hydrogen-bond donors (Lipinski definition) is 1. The summed E-state index contributed by atoms with van der Waals surface area (Å²) >= 11 is 0. The quantitative estimate of drug-likeness (QED) is 0.745. The first-order chi connectivity index (χ1) is 11.7. The van der Waals surface area contributed by atoms with Gasteiger partial charge >= 0.3 is 0 Å². The number of nitrogens with one attached hydrogen (secondary N) is 1. The molecule has 1 N–H and O–H groups in total. The normalized spacial score (nSPS) is 10.5. The van der Waals surface area contributed by atoms with Crippen molar-refractivity contribution >= 4 is 11.6 Å². The SMILES string of the molecule is Cc1ccccc1NC(=O)CCCc1nc(-c2ccccc2)no1. The monoisotopic (exact) mass is 321 g/mol. The van der Waals surface area contributed by atoms with E-state index in [0.29, 0.717) is 31.0 Å². The van der Waals surface area contributed by atoms with Crippen molar-refractivity contribution in [1.82, 2.24) is 10.1 Å². The minimum atomic E-state index is -0.00732. The molecule has 0 saturated heterocycles. The fourth-order valence-electron chi connectivity index (χ4n) is 2.39. The lowest BCUT2D eigenvalue weighted by atomic mass is 10.2. The summed E-state index contributed by atoms with van der Waals surface area (Å²) in [5.74, 6) is 1.12. The molecule has 0 aliphatic heterocycles. The smallest absolute Gasteiger partial charge is 0.226 e. The fourth-order valence-corrected chi connectivity index (χ4v) is 2.39. The van der Waals surface area contributed by atoms with E-state index in [2.05, 4.69) is 15.5 Å². The molecule has 1 amide bonds. The summed E-state index contributed by atoms with van der Waals surface area (Å²) in [4.78, 5) is 16.4. The van der Waals surface area contributed by atoms with Crippen LogP contribution in [0.3, 0.4) is 0 Å². The van der Waals surface area contributed by atoms with Crippen LogP contribution in [0.5, 0.6) is 0 Å². The Morgan fingerprint density at radius 2 is 1.83 bits per heavy atom. The predicted molar refractivity (Wildman–Crippen MR) is 92.5 cm³/mol. The molecule has 1 heterocycles. The predicted octanol–water partition coefficient (Wildman–Crippen LogP) is 4.01. The maximum absolute atomic E-state index is 12.0. The maximum Gasteiger partial charge on any atom is 0.226 e. The second-order valence-corrected chi connectivity index (χ2v) is 5.59. The van der Waals surface area contributed by atoms with E-state index in [-0.39, 0.29) is 5.91 Å². The highest BCUT2D eigenvalue weighted by molar-refractivity contribution is 5.91. The van der Waals surface area contributed by atoms with Crippen LogP contribution in [0.4, 0.5) is 5.69 Å². The Bertz CT molecular complexity index is 812. The van der Waals surface area contributed by atoms with Crippen molar-refractivity contribution in [2.24, 2.45) is 0 Å². The number of carbonyl (C=O) groups excluding carboxylic acids is 1. The van der Waals surface area contributed by atoms with E-state index < -0.39 is 0 Å². The zero-order chi connectivity index (χ0) is 16.8. The maximum atomic E-state index is 12.0. The number of para-hydroxylation sites is 1. The van der Waals surface area contributed by atoms with E-state index in [1.807, 2.05) is 61.5 Å². The Morgan fingerprint density at radius 1 is 1.08 bits per heavy atom. The molecular weight excluding hydrogens is 302 g/mol. The van der Waals surface area contributed by atoms with Crippen LogP contribution in [0.1, 0.15) is 24.3 Å². The lowest BCUT2D eigenvalue weighted by Gasteiger charge is -2.07. The van der Waals surface area contributed by atoms with Crippen LogP contribution in [0, 0.1) is 6.92 Å². The molecule has 0 fully saturated rings. The number of aromatic nitrogens is 2. The van der Waals surface area contributed by atoms with Gasteiger partial charge in [-0.15, -0.1) is 0 Å². The first kappa shape index (κ1) is 15.9. The number of aryl methyl sites for hydroxylation is 2. The average molecular weight is 321 g/mol. The number of rotatable bonds is 6. The highest BCUT2D eigenvalue weighted by atomic mass is 16.5. The first-order valence-electron chi connectivity index (χ1n) is 7.96. The van der Waals surface area contributed by atoms with Gasteiger partial charge in [-0.25, -0.2) is 0 Å². The molecule has 3 aromatic rings. The third-order valence-corrected chi connectivity index (χ3v) is 3.71. The van der Waals surface area contributed by atoms with Crippen LogP contribution in [-0.4, -0.2) is 16.0 Å². The Kier molecular flexibility index (Phi) is 5.01. The van der Waals surface area contributed by atoms with Crippen LogP contribution in [0.25, 0.3) is 11.4 Å². The molecule has 0 spiro atoms. The molecule has 0 radical (unpaired) electrons. The number of amides is 1. The van der Waals surface area contributed by atoms with Crippen molar-refractivity contribution in [2.75, 3.05) is 5.32 Å². The summed E-state index contributed by atoms with van der Waals surface area (Å²) < 4.78 is 5.25. The van der Waals surface area contributed by atoms with Gasteiger partial charge in [0.15, 0.2) is 0 Å². The number of carbonyl (C=O) groups is 1. The zero-order valence-electron chi connectivity index (χ0n) is 13.5. The van der Waals surface area contributed by atoms with Gasteiger partial charge in [0, 0.05) is 24.1 Å². The van der Waals surface area contributed by atoms with Crippen molar-refractivity contribution in [1.29, 1.82) is 0 Å². The van der Waals surface area contributed by atoms with Gasteiger partial charge in [-0.05, 0) is 25.0 Å². The van der Waals surface area contributed by atoms with Gasteiger partial charge in [0.2, 0.25) is 17.6 Å². The summed E-state index contributed by atoms with van der Waals surface area (Å²) in [5, 5.41) is 6.90. The van der Waals surface area contributed by atoms with Crippen molar-refractivity contribution in [3.05, 3.63) is 66.1 Å². The molecule has 122 valence electrons. The summed E-state index contributed by atoms with van der Waals surface area (Å²) in [6.07, 6.45) is 1.66. The van der Waals surface area contributed by atoms with Gasteiger partial charge < -0.3 is 9.84 Å².